The van der Waals surface area contributed by atoms with Crippen molar-refractivity contribution in [3.63, 3.8) is 0 Å². The molecule has 0 radical (unpaired) electrons. The van der Waals surface area contributed by atoms with Crippen LogP contribution in [0.15, 0.2) is 0 Å². The zero-order valence-electron chi connectivity index (χ0n) is 8.67. The van der Waals surface area contributed by atoms with E-state index in [1.165, 1.54) is 0 Å². The first-order valence-electron chi connectivity index (χ1n) is 5.31. The van der Waals surface area contributed by atoms with Crippen molar-refractivity contribution >= 4 is 0 Å². The first kappa shape index (κ1) is 11.4. The molecule has 0 amide bonds. The van der Waals surface area contributed by atoms with Gasteiger partial charge >= 0.3 is 0 Å². The van der Waals surface area contributed by atoms with Crippen LogP contribution in [0.1, 0.15) is 12.8 Å². The van der Waals surface area contributed by atoms with Crippen molar-refractivity contribution in [1.29, 1.82) is 5.26 Å². The monoisotopic (exact) mass is 197 g/mol. The summed E-state index contributed by atoms with van der Waals surface area (Å²) in [5.74, 6) is 0. The van der Waals surface area contributed by atoms with Gasteiger partial charge in [0, 0.05) is 45.8 Å². The van der Waals surface area contributed by atoms with Crippen LogP contribution in [0.3, 0.4) is 0 Å². The number of piperazine rings is 1. The van der Waals surface area contributed by atoms with Crippen LogP contribution in [0.25, 0.3) is 0 Å². The molecule has 0 aromatic carbocycles. The minimum Gasteiger partial charge on any atom is -0.380 e. The van der Waals surface area contributed by atoms with Gasteiger partial charge < -0.3 is 10.1 Å². The van der Waals surface area contributed by atoms with Gasteiger partial charge in [-0.1, -0.05) is 0 Å². The summed E-state index contributed by atoms with van der Waals surface area (Å²) in [6.07, 6.45) is 1.46. The Labute approximate surface area is 85.8 Å². The molecule has 1 rings (SSSR count). The average Bonchev–Trinajstić information content (AvgIpc) is 2.25. The Hall–Kier alpha value is -0.630. The molecule has 0 unspecified atom stereocenters. The molecule has 80 valence electrons. The van der Waals surface area contributed by atoms with Gasteiger partial charge in [0.15, 0.2) is 0 Å². The van der Waals surface area contributed by atoms with E-state index in [0.717, 1.165) is 52.4 Å². The normalized spacial score (nSPS) is 17.9. The average molecular weight is 197 g/mol. The van der Waals surface area contributed by atoms with Crippen LogP contribution < -0.4 is 5.32 Å². The van der Waals surface area contributed by atoms with Crippen LogP contribution in [-0.2, 0) is 4.74 Å². The molecule has 1 saturated heterocycles. The Kier molecular flexibility index (Phi) is 6.33. The molecule has 1 aliphatic heterocycles. The van der Waals surface area contributed by atoms with E-state index in [1.807, 2.05) is 0 Å². The Morgan fingerprint density at radius 2 is 2.07 bits per heavy atom. The van der Waals surface area contributed by atoms with Crippen molar-refractivity contribution < 1.29 is 4.74 Å². The molecule has 0 aromatic rings. The molecule has 0 aromatic heterocycles. The summed E-state index contributed by atoms with van der Waals surface area (Å²) in [6, 6.07) is 2.11. The fraction of sp³-hybridized carbons (Fsp3) is 0.900. The van der Waals surface area contributed by atoms with Crippen molar-refractivity contribution in [3.8, 4) is 6.07 Å². The summed E-state index contributed by atoms with van der Waals surface area (Å²) < 4.78 is 5.43. The third-order valence-corrected chi connectivity index (χ3v) is 2.34. The summed E-state index contributed by atoms with van der Waals surface area (Å²) in [5, 5.41) is 11.6. The number of ether oxygens (including phenoxy) is 1. The second-order valence-electron chi connectivity index (χ2n) is 3.47. The summed E-state index contributed by atoms with van der Waals surface area (Å²) in [7, 11) is 0. The van der Waals surface area contributed by atoms with Crippen molar-refractivity contribution in [3.05, 3.63) is 0 Å². The third kappa shape index (κ3) is 5.18. The molecule has 0 spiro atoms. The SMILES string of the molecule is N#CCCCOCCN1CCNCC1. The van der Waals surface area contributed by atoms with E-state index in [2.05, 4.69) is 16.3 Å². The van der Waals surface area contributed by atoms with Crippen LogP contribution in [0.2, 0.25) is 0 Å². The van der Waals surface area contributed by atoms with Gasteiger partial charge in [0.25, 0.3) is 0 Å². The van der Waals surface area contributed by atoms with E-state index in [0.29, 0.717) is 6.42 Å². The number of hydrogen-bond acceptors (Lipinski definition) is 4. The molecule has 14 heavy (non-hydrogen) atoms. The maximum atomic E-state index is 8.31. The van der Waals surface area contributed by atoms with Crippen LogP contribution in [0, 0.1) is 11.3 Å². The third-order valence-electron chi connectivity index (χ3n) is 2.34. The predicted octanol–water partition coefficient (Wildman–Crippen LogP) is 0.212. The summed E-state index contributed by atoms with van der Waals surface area (Å²) in [6.45, 7) is 6.98. The highest BCUT2D eigenvalue weighted by Crippen LogP contribution is 1.93. The van der Waals surface area contributed by atoms with Crippen LogP contribution in [0.5, 0.6) is 0 Å². The van der Waals surface area contributed by atoms with Gasteiger partial charge in [-0.25, -0.2) is 0 Å². The maximum Gasteiger partial charge on any atom is 0.0622 e. The molecule has 0 atom stereocenters. The van der Waals surface area contributed by atoms with Gasteiger partial charge in [0.05, 0.1) is 12.7 Å². The Morgan fingerprint density at radius 1 is 1.29 bits per heavy atom. The first-order chi connectivity index (χ1) is 6.93. The van der Waals surface area contributed by atoms with Gasteiger partial charge in [-0.15, -0.1) is 0 Å². The van der Waals surface area contributed by atoms with Gasteiger partial charge in [-0.3, -0.25) is 4.90 Å². The van der Waals surface area contributed by atoms with E-state index >= 15 is 0 Å². The van der Waals surface area contributed by atoms with E-state index in [9.17, 15) is 0 Å². The lowest BCUT2D eigenvalue weighted by molar-refractivity contribution is 0.0980. The number of nitrogens with one attached hydrogen (secondary N) is 1. The standard InChI is InChI=1S/C10H19N3O/c11-3-1-2-9-14-10-8-13-6-4-12-5-7-13/h12H,1-2,4-10H2. The molecule has 1 heterocycles. The minimum atomic E-state index is 0.605. The van der Waals surface area contributed by atoms with Gasteiger partial charge in [-0.05, 0) is 6.42 Å². The number of unbranched alkanes of at least 4 members (excludes halogenated alkanes) is 1. The Morgan fingerprint density at radius 3 is 2.79 bits per heavy atom. The fourth-order valence-electron chi connectivity index (χ4n) is 1.48. The fourth-order valence-corrected chi connectivity index (χ4v) is 1.48. The quantitative estimate of drug-likeness (QED) is 0.618. The summed E-state index contributed by atoms with van der Waals surface area (Å²) >= 11 is 0. The first-order valence-corrected chi connectivity index (χ1v) is 5.31. The molecule has 1 aliphatic rings. The van der Waals surface area contributed by atoms with E-state index < -0.39 is 0 Å². The number of hydrogen-bond donors (Lipinski definition) is 1. The highest BCUT2D eigenvalue weighted by Gasteiger charge is 2.07. The van der Waals surface area contributed by atoms with Crippen LogP contribution in [-0.4, -0.2) is 50.8 Å². The van der Waals surface area contributed by atoms with Crippen LogP contribution in [0.4, 0.5) is 0 Å². The lowest BCUT2D eigenvalue weighted by Gasteiger charge is -2.26. The van der Waals surface area contributed by atoms with E-state index in [4.69, 9.17) is 10.00 Å². The highest BCUT2D eigenvalue weighted by molar-refractivity contribution is 4.68. The van der Waals surface area contributed by atoms with Crippen molar-refractivity contribution in [2.75, 3.05) is 45.9 Å². The Bertz CT molecular complexity index is 173. The highest BCUT2D eigenvalue weighted by atomic mass is 16.5. The van der Waals surface area contributed by atoms with Crippen molar-refractivity contribution in [1.82, 2.24) is 10.2 Å². The van der Waals surface area contributed by atoms with Crippen LogP contribution >= 0.6 is 0 Å². The maximum absolute atomic E-state index is 8.31. The lowest BCUT2D eigenvalue weighted by atomic mass is 10.3. The summed E-state index contributed by atoms with van der Waals surface area (Å²) in [4.78, 5) is 2.40. The molecule has 4 nitrogen and oxygen atoms in total. The predicted molar refractivity (Wildman–Crippen MR) is 55.0 cm³/mol. The zero-order chi connectivity index (χ0) is 10.1. The number of rotatable bonds is 6. The van der Waals surface area contributed by atoms with Crippen molar-refractivity contribution in [2.45, 2.75) is 12.8 Å². The van der Waals surface area contributed by atoms with Gasteiger partial charge in [-0.2, -0.15) is 5.26 Å². The van der Waals surface area contributed by atoms with Crippen molar-refractivity contribution in [2.24, 2.45) is 0 Å². The number of nitriles is 1. The van der Waals surface area contributed by atoms with Gasteiger partial charge in [0.1, 0.15) is 0 Å². The molecule has 4 heteroatoms. The van der Waals surface area contributed by atoms with E-state index in [1.54, 1.807) is 0 Å². The smallest absolute Gasteiger partial charge is 0.0622 e. The molecule has 0 saturated carbocycles. The molecule has 1 fully saturated rings. The zero-order valence-corrected chi connectivity index (χ0v) is 8.67. The molecule has 1 N–H and O–H groups in total. The summed E-state index contributed by atoms with van der Waals surface area (Å²) in [5.41, 5.74) is 0. The lowest BCUT2D eigenvalue weighted by Crippen LogP contribution is -2.44. The van der Waals surface area contributed by atoms with E-state index in [-0.39, 0.29) is 0 Å². The second-order valence-corrected chi connectivity index (χ2v) is 3.47. The largest absolute Gasteiger partial charge is 0.380 e. The topological polar surface area (TPSA) is 48.3 Å². The molecular formula is C10H19N3O. The molecule has 0 bridgehead atoms. The number of nitrogens with zero attached hydrogens (tertiary/aromatic N) is 2. The molecule has 0 aliphatic carbocycles. The minimum absolute atomic E-state index is 0.605. The second kappa shape index (κ2) is 7.74. The Balaban J connectivity index is 1.85. The van der Waals surface area contributed by atoms with Gasteiger partial charge in [0.2, 0.25) is 0 Å². The molecular weight excluding hydrogens is 178 g/mol.